The Bertz CT molecular complexity index is 8160. The number of tetrazole rings is 3. The highest BCUT2D eigenvalue weighted by atomic mass is 16.5. The van der Waals surface area contributed by atoms with Crippen LogP contribution in [0.25, 0.3) is 67.2 Å². The van der Waals surface area contributed by atoms with Gasteiger partial charge in [-0.15, -0.1) is 0 Å². The molecular formula is C74H73N33O9. The van der Waals surface area contributed by atoms with Crippen LogP contribution in [-0.2, 0) is 14.4 Å². The number of hydrogen-bond donors (Lipinski definition) is 3. The van der Waals surface area contributed by atoms with Crippen molar-refractivity contribution in [3.05, 3.63) is 180 Å². The van der Waals surface area contributed by atoms with E-state index >= 15 is 0 Å². The lowest BCUT2D eigenvalue weighted by Gasteiger charge is -2.34. The van der Waals surface area contributed by atoms with E-state index in [2.05, 4.69) is 107 Å². The number of para-hydroxylation sites is 1. The van der Waals surface area contributed by atoms with Crippen molar-refractivity contribution in [1.29, 1.82) is 0 Å². The zero-order chi connectivity index (χ0) is 117. The lowest BCUT2D eigenvalue weighted by molar-refractivity contribution is -0.127. The van der Waals surface area contributed by atoms with E-state index in [1.54, 1.807) is 23.1 Å². The second-order valence-electron chi connectivity index (χ2n) is 23.6. The Morgan fingerprint density at radius 1 is 0.414 bits per heavy atom. The normalized spacial score (nSPS) is 23.2. The molecule has 116 heavy (non-hydrogen) atoms. The van der Waals surface area contributed by atoms with Gasteiger partial charge >= 0.3 is 0 Å². The van der Waals surface area contributed by atoms with Crippen LogP contribution in [0, 0.1) is 34.4 Å². The molecule has 3 saturated heterocycles. The first-order valence-corrected chi connectivity index (χ1v) is 32.8. The molecule has 3 aliphatic heterocycles. The number of aromatic amines is 3. The number of piperazine rings is 3. The Hall–Kier alpha value is -15.4. The molecule has 0 radical (unpaired) electrons. The molecule has 3 aliphatic rings. The van der Waals surface area contributed by atoms with Crippen LogP contribution in [0.1, 0.15) is 117 Å². The molecule has 0 aliphatic carbocycles. The minimum Gasteiger partial charge on any atom is -0.494 e. The van der Waals surface area contributed by atoms with Crippen molar-refractivity contribution in [3.8, 4) is 51.8 Å². The van der Waals surface area contributed by atoms with Crippen molar-refractivity contribution in [3.63, 3.8) is 0 Å². The summed E-state index contributed by atoms with van der Waals surface area (Å²) in [5.74, 6) is -15.7. The summed E-state index contributed by atoms with van der Waals surface area (Å²) in [5, 5.41) is 43.1. The van der Waals surface area contributed by atoms with Crippen molar-refractivity contribution >= 4 is 85.6 Å². The monoisotopic (exact) mass is 1610 g/mol. The summed E-state index contributed by atoms with van der Waals surface area (Å²) in [5.41, 5.74) is -3.06. The lowest BCUT2D eigenvalue weighted by Crippen LogP contribution is -2.51. The Morgan fingerprint density at radius 3 is 1.10 bits per heavy atom. The number of methoxy groups -OCH3 is 3. The summed E-state index contributed by atoms with van der Waals surface area (Å²) in [6.07, 6.45) is 8.34. The first kappa shape index (κ1) is 40.2. The summed E-state index contributed by atoms with van der Waals surface area (Å²) in [6.45, 7) is -36.2. The van der Waals surface area contributed by atoms with Gasteiger partial charge in [0.1, 0.15) is 53.7 Å². The molecule has 42 nitrogen and oxygen atoms in total. The van der Waals surface area contributed by atoms with Crippen molar-refractivity contribution in [2.45, 2.75) is 34.4 Å². The van der Waals surface area contributed by atoms with Gasteiger partial charge in [0.2, 0.25) is 17.8 Å². The van der Waals surface area contributed by atoms with Gasteiger partial charge in [0.15, 0.2) is 17.5 Å². The highest BCUT2D eigenvalue weighted by Crippen LogP contribution is 2.36. The fourth-order valence-corrected chi connectivity index (χ4v) is 11.4. The van der Waals surface area contributed by atoms with Crippen molar-refractivity contribution in [2.75, 3.05) is 114 Å². The summed E-state index contributed by atoms with van der Waals surface area (Å²) in [4.78, 5) is 116. The standard InChI is InChI=1S/2C25H25N11O3.C24H23N11O3/c2*1-15-4-6-17(7-5-15)36-25(29-31-32-36)34-10-8-33(9-11-34)24(38)22(37)18-12-26-21-20(18)19(39-3)13-27-23(21)35-14-28-16(2)30-35;1-15-27-14-34(29-15)22-20-19(18(38-2)13-26-22)17(12-25-20)21(36)23(37)32-8-10-33(11-9-32)24-28-30-31-35(24)16-6-4-3-5-7-16/h2*4-7,12-14,26H,8-11H2,1-3H3;3-7,12-14,25H,8-11H2,1-2H3/i2D3,3D3,4D,5D,6D,7D,8D2,9D2,10D2,11D2;2D3,3D3,4D,5D,6D,7D;1D3,2D3,8D2,9D2,10D2,11D2. The van der Waals surface area contributed by atoms with Crippen LogP contribution in [0.5, 0.6) is 17.2 Å². The Kier molecular flexibility index (Phi) is 11.0. The number of nitrogens with zero attached hydrogens (tertiary/aromatic N) is 30. The molecule has 42 heteroatoms. The molecule has 0 bridgehead atoms. The van der Waals surface area contributed by atoms with Gasteiger partial charge in [-0.1, -0.05) is 68.8 Å². The van der Waals surface area contributed by atoms with Gasteiger partial charge < -0.3 is 58.6 Å². The van der Waals surface area contributed by atoms with E-state index in [0.29, 0.717) is 4.68 Å². The van der Waals surface area contributed by atoms with Crippen LogP contribution in [0.4, 0.5) is 17.8 Å². The predicted molar refractivity (Wildman–Crippen MR) is 413 cm³/mol. The maximum atomic E-state index is 14.1. The number of hydrogen-bond acceptors (Lipinski definition) is 30. The van der Waals surface area contributed by atoms with Gasteiger partial charge in [-0.3, -0.25) is 28.8 Å². The van der Waals surface area contributed by atoms with E-state index in [1.807, 2.05) is 0 Å². The van der Waals surface area contributed by atoms with Gasteiger partial charge in [0.05, 0.1) is 151 Å². The highest BCUT2D eigenvalue weighted by Gasteiger charge is 2.36. The minimum atomic E-state index is -4.04. The predicted octanol–water partition coefficient (Wildman–Crippen LogP) is 3.52. The molecule has 0 atom stereocenters. The van der Waals surface area contributed by atoms with Crippen molar-refractivity contribution < 1.29 is 101 Å². The average Bonchev–Trinajstić information content (AvgIpc) is 1.11. The van der Waals surface area contributed by atoms with Crippen LogP contribution in [0.3, 0.4) is 0 Å². The zero-order valence-electron chi connectivity index (χ0n) is 101. The number of H-pyrrole nitrogens is 3. The van der Waals surface area contributed by atoms with E-state index in [9.17, 15) is 28.8 Å². The smallest absolute Gasteiger partial charge is 0.295 e. The number of pyridine rings is 3. The number of carbonyl (C=O) groups excluding carboxylic acids is 6. The summed E-state index contributed by atoms with van der Waals surface area (Å²) in [7, 11) is -9.32. The van der Waals surface area contributed by atoms with Crippen molar-refractivity contribution in [1.82, 2.24) is 150 Å². The third-order valence-corrected chi connectivity index (χ3v) is 16.7. The van der Waals surface area contributed by atoms with Crippen LogP contribution in [0.2, 0.25) is 0 Å². The van der Waals surface area contributed by atoms with Gasteiger partial charge in [0.25, 0.3) is 35.1 Å². The fraction of sp³-hybridized carbons (Fsp3) is 0.270. The third kappa shape index (κ3) is 14.4. The van der Waals surface area contributed by atoms with Crippen LogP contribution < -0.4 is 28.9 Å². The highest BCUT2D eigenvalue weighted by molar-refractivity contribution is 6.46. The largest absolute Gasteiger partial charge is 0.494 e. The molecular weight excluding hydrogens is 1500 g/mol. The molecule has 15 heterocycles. The number of ether oxygens (including phenoxy) is 3. The zero-order valence-corrected chi connectivity index (χ0v) is 58.5. The Balaban J connectivity index is 0.000000168. The van der Waals surface area contributed by atoms with E-state index in [1.165, 1.54) is 37.1 Å². The molecule has 12 aromatic heterocycles. The summed E-state index contributed by atoms with van der Waals surface area (Å²) < 4.78 is 363. The van der Waals surface area contributed by atoms with E-state index in [0.717, 1.165) is 73.4 Å². The average molecular weight is 1610 g/mol. The van der Waals surface area contributed by atoms with Gasteiger partial charge in [-0.25, -0.2) is 43.9 Å². The van der Waals surface area contributed by atoms with Crippen LogP contribution in [-0.4, -0.2) is 284 Å². The van der Waals surface area contributed by atoms with Gasteiger partial charge in [0, 0.05) is 109 Å². The maximum Gasteiger partial charge on any atom is 0.295 e. The summed E-state index contributed by atoms with van der Waals surface area (Å²) >= 11 is 0. The first-order valence-electron chi connectivity index (χ1n) is 53.8. The minimum absolute atomic E-state index is 0.00118. The maximum absolute atomic E-state index is 14.1. The molecule has 3 amide bonds. The molecule has 588 valence electrons. The summed E-state index contributed by atoms with van der Waals surface area (Å²) in [6, 6.07) is 3.75. The molecule has 15 aromatic rings. The first-order chi connectivity index (χ1) is 72.9. The van der Waals surface area contributed by atoms with Crippen molar-refractivity contribution in [2.24, 2.45) is 0 Å². The number of carbonyl (C=O) groups is 6. The number of fused-ring (bicyclic) bond motifs is 3. The topological polar surface area (TPSA) is 459 Å². The molecule has 3 aromatic carbocycles. The fourth-order valence-electron chi connectivity index (χ4n) is 11.4. The Labute approximate surface area is 715 Å². The second kappa shape index (κ2) is 31.8. The van der Waals surface area contributed by atoms with Gasteiger partial charge in [-0.2, -0.15) is 29.3 Å². The van der Waals surface area contributed by atoms with E-state index < -0.39 is 231 Å². The molecule has 0 unspecified atom stereocenters. The number of nitrogens with one attached hydrogen (secondary N) is 3. The molecule has 3 N–H and O–H groups in total. The van der Waals surface area contributed by atoms with E-state index in [4.69, 9.17) is 71.8 Å². The van der Waals surface area contributed by atoms with Gasteiger partial charge in [-0.05, 0) is 102 Å². The number of aromatic nitrogens is 27. The number of rotatable bonds is 18. The third-order valence-electron chi connectivity index (χ3n) is 16.7. The number of ketones is 3. The number of benzene rings is 3. The Morgan fingerprint density at radius 2 is 0.759 bits per heavy atom. The van der Waals surface area contributed by atoms with E-state index in [-0.39, 0.29) is 139 Å². The quantitative estimate of drug-likeness (QED) is 0.0817. The second-order valence-corrected chi connectivity index (χ2v) is 23.6. The lowest BCUT2D eigenvalue weighted by atomic mass is 10.1. The number of anilines is 3. The number of amides is 3. The van der Waals surface area contributed by atoms with Crippen LogP contribution in [0.15, 0.2) is 135 Å². The SMILES string of the molecule is [2H]C([2H])([2H])Oc1cnc(-n2cnc(C([2H])([2H])[2H])n2)c2[nH]cc(C(=O)C(=O)N3C([2H])([2H])C([2H])([2H])N(c4nnnn4-c4ccccc4)C([2H])([2H])C3([2H])[2H])c12.[2H]c1c([2H])c(-n2nnnc2N2C([2H])([2H])C([2H])([2H])N(C(=O)C(=O)c3c[nH]c4c(-n5cnc(C([2H])([2H])[2H])n5)ncc(OC([2H])([2H])[2H])c34)C([2H])([2H])C2([2H])[2H])c([2H])c([2H])c1C.[2H]c1c([2H])c(-n2nnnc2N2CCN(C(=O)C(=O)c3c[nH]c4c(-n5cnc(C([2H])([2H])[2H])n5)ncc(OC([2H])([2H])[2H])c34)CC2)c([2H])c([2H])c1C. The molecule has 0 spiro atoms. The number of aryl methyl sites for hydroxylation is 3. The molecule has 18 rings (SSSR count). The number of Topliss-reactive ketones (excluding diaryl/α,β-unsaturated/α-hetero) is 3. The van der Waals surface area contributed by atoms with Crippen LogP contribution >= 0.6 is 0 Å². The molecule has 0 saturated carbocycles. The molecule has 3 fully saturated rings.